The molecule has 16 nitrogen and oxygen atoms in total. The summed E-state index contributed by atoms with van der Waals surface area (Å²) in [5.74, 6) is -1.97. The number of hydrogen-bond donors (Lipinski definition) is 4. The lowest BCUT2D eigenvalue weighted by molar-refractivity contribution is -0.155. The molecule has 6 N–H and O–H groups in total. The van der Waals surface area contributed by atoms with E-state index in [0.29, 0.717) is 55.6 Å². The second-order valence-electron chi connectivity index (χ2n) is 21.6. The zero-order valence-corrected chi connectivity index (χ0v) is 47.6. The topological polar surface area (TPSA) is 238 Å². The van der Waals surface area contributed by atoms with Crippen LogP contribution in [0.2, 0.25) is 25.7 Å². The minimum atomic E-state index is -1.17. The molecule has 2 aromatic carbocycles. The molecule has 0 aromatic heterocycles. The van der Waals surface area contributed by atoms with Gasteiger partial charge in [0.2, 0.25) is 11.8 Å². The number of rotatable bonds is 36. The van der Waals surface area contributed by atoms with Crippen molar-refractivity contribution in [3.05, 3.63) is 84.2 Å². The molecule has 0 spiro atoms. The maximum absolute atomic E-state index is 13.4. The molecule has 6 atom stereocenters. The van der Waals surface area contributed by atoms with Crippen molar-refractivity contribution in [2.45, 2.75) is 218 Å². The molecule has 0 saturated carbocycles. The van der Waals surface area contributed by atoms with Crippen molar-refractivity contribution in [3.63, 3.8) is 0 Å². The Morgan fingerprint density at radius 2 is 1.09 bits per heavy atom. The number of ether oxygens (including phenoxy) is 4. The van der Waals surface area contributed by atoms with Gasteiger partial charge in [0.1, 0.15) is 41.9 Å². The number of nitrogens with zero attached hydrogens (tertiary/aromatic N) is 2. The number of carbonyl (C=O) groups is 6. The van der Waals surface area contributed by atoms with E-state index in [0.717, 1.165) is 115 Å². The Bertz CT molecular complexity index is 2150. The third kappa shape index (κ3) is 25.1. The number of carbonyl (C=O) groups excluding carboxylic acids is 6. The number of hydrogen-bond acceptors (Lipinski definition) is 12. The third-order valence-corrected chi connectivity index (χ3v) is 15.4. The number of phenols is 1. The van der Waals surface area contributed by atoms with Gasteiger partial charge in [-0.1, -0.05) is 129 Å². The van der Waals surface area contributed by atoms with E-state index in [4.69, 9.17) is 30.4 Å². The molecule has 17 heteroatoms. The van der Waals surface area contributed by atoms with Gasteiger partial charge in [0, 0.05) is 44.1 Å². The number of phenolic OH excluding ortho intramolecular Hbond substituents is 1. The molecule has 76 heavy (non-hydrogen) atoms. The van der Waals surface area contributed by atoms with Crippen molar-refractivity contribution in [1.82, 2.24) is 9.80 Å². The first kappa shape index (κ1) is 64.8. The lowest BCUT2D eigenvalue weighted by Gasteiger charge is -2.26. The van der Waals surface area contributed by atoms with Crippen LogP contribution in [-0.2, 0) is 33.4 Å². The number of esters is 2. The summed E-state index contributed by atoms with van der Waals surface area (Å²) in [5.41, 5.74) is 11.2. The van der Waals surface area contributed by atoms with E-state index in [1.54, 1.807) is 54.9 Å². The van der Waals surface area contributed by atoms with Gasteiger partial charge in [-0.25, -0.2) is 9.59 Å². The van der Waals surface area contributed by atoms with Gasteiger partial charge in [-0.15, -0.1) is 0 Å². The van der Waals surface area contributed by atoms with Gasteiger partial charge >= 0.3 is 11.9 Å². The molecule has 2 aromatic rings. The summed E-state index contributed by atoms with van der Waals surface area (Å²) in [5, 5.41) is 19.2. The van der Waals surface area contributed by atoms with Gasteiger partial charge in [0.15, 0.2) is 6.79 Å². The molecular weight excluding hydrogens is 985 g/mol. The average Bonchev–Trinajstić information content (AvgIpc) is 4.10. The van der Waals surface area contributed by atoms with Crippen molar-refractivity contribution in [1.29, 1.82) is 0 Å². The van der Waals surface area contributed by atoms with Gasteiger partial charge in [0.05, 0.1) is 0 Å². The number of aliphatic hydroxyl groups is 1. The normalized spacial score (nSPS) is 16.6. The Kier molecular flexibility index (Phi) is 30.5. The fourth-order valence-corrected chi connectivity index (χ4v) is 9.62. The van der Waals surface area contributed by atoms with E-state index in [1.165, 1.54) is 21.9 Å². The summed E-state index contributed by atoms with van der Waals surface area (Å²) >= 11 is 0. The predicted octanol–water partition coefficient (Wildman–Crippen LogP) is 10.9. The monoisotopic (exact) mass is 1080 g/mol. The molecule has 2 heterocycles. The predicted molar refractivity (Wildman–Crippen MR) is 299 cm³/mol. The molecular formula is C59H92N4O12Si. The van der Waals surface area contributed by atoms with Gasteiger partial charge in [0.25, 0.3) is 11.8 Å². The zero-order valence-electron chi connectivity index (χ0n) is 46.6. The van der Waals surface area contributed by atoms with Crippen molar-refractivity contribution < 1.29 is 57.9 Å². The first-order valence-electron chi connectivity index (χ1n) is 28.1. The number of primary amides is 2. The Labute approximate surface area is 454 Å². The van der Waals surface area contributed by atoms with Gasteiger partial charge in [-0.2, -0.15) is 0 Å². The molecule has 0 unspecified atom stereocenters. The lowest BCUT2D eigenvalue weighted by Crippen LogP contribution is -2.41. The summed E-state index contributed by atoms with van der Waals surface area (Å²) in [6.07, 6.45) is 24.0. The summed E-state index contributed by atoms with van der Waals surface area (Å²) in [4.78, 5) is 77.8. The van der Waals surface area contributed by atoms with E-state index < -0.39 is 38.1 Å². The van der Waals surface area contributed by atoms with Crippen molar-refractivity contribution in [2.75, 3.05) is 13.4 Å². The third-order valence-electron chi connectivity index (χ3n) is 13.7. The minimum Gasteiger partial charge on any atom is -0.508 e. The van der Waals surface area contributed by atoms with Crippen molar-refractivity contribution in [2.24, 2.45) is 17.4 Å². The first-order chi connectivity index (χ1) is 36.3. The molecule has 2 aliphatic heterocycles. The van der Waals surface area contributed by atoms with Crippen LogP contribution in [0.4, 0.5) is 0 Å². The van der Waals surface area contributed by atoms with Crippen LogP contribution in [0.5, 0.6) is 11.5 Å². The quantitative estimate of drug-likeness (QED) is 0.0216. The SMILES string of the molecule is CCCCCC[C@H](CCCCC[C@@H](C)C(N)=O)OC(=O)[C@@H]1CC=CN1C(=O)c1cccc(OCOCC[Si](C)(C)C)c1.CCCCCC[C@H](CCCCC[C@@H](O)C(N)=O)OC(=O)[C@@H]1CC=CN1C(=O)c1cccc(O)c1. The van der Waals surface area contributed by atoms with Gasteiger partial charge in [-0.3, -0.25) is 19.2 Å². The molecule has 2 aliphatic rings. The second kappa shape index (κ2) is 35.7. The standard InChI is InChI=1S/C33H54N2O6Si.C26H38N2O6/c1-6-7-8-11-17-28(18-12-9-10-15-26(2)31(34)36)41-33(38)30-20-14-21-35(30)32(37)27-16-13-19-29(24-27)40-25-39-22-23-42(3,4)5;1-2-3-4-6-13-21(14-7-5-8-16-23(30)24(27)31)34-26(33)22-15-10-17-28(22)25(32)19-11-9-12-20(29)18-19/h13-14,16,19,21,24,26,28,30H,6-12,15,17-18,20,22-23,25H2,1-5H3,(H2,34,36);9-12,17-18,21-23,29-30H,2-8,13-16H2,1H3,(H2,27,31)/t26-,28-,30+;21-,22+,23-/m11/s1. The van der Waals surface area contributed by atoms with E-state index in [2.05, 4.69) is 33.5 Å². The Morgan fingerprint density at radius 1 is 0.632 bits per heavy atom. The largest absolute Gasteiger partial charge is 0.508 e. The smallest absolute Gasteiger partial charge is 0.329 e. The lowest BCUT2D eigenvalue weighted by atomic mass is 9.99. The highest BCUT2D eigenvalue weighted by Crippen LogP contribution is 2.27. The first-order valence-corrected chi connectivity index (χ1v) is 31.8. The van der Waals surface area contributed by atoms with Crippen molar-refractivity contribution in [3.8, 4) is 11.5 Å². The van der Waals surface area contributed by atoms with Crippen LogP contribution in [0.25, 0.3) is 0 Å². The second-order valence-corrected chi connectivity index (χ2v) is 27.2. The molecule has 4 amide bonds. The van der Waals surface area contributed by atoms with Crippen LogP contribution in [-0.4, -0.2) is 107 Å². The Balaban J connectivity index is 0.000000409. The van der Waals surface area contributed by atoms with Crippen LogP contribution < -0.4 is 16.2 Å². The highest BCUT2D eigenvalue weighted by Gasteiger charge is 2.36. The summed E-state index contributed by atoms with van der Waals surface area (Å²) < 4.78 is 23.3. The zero-order chi connectivity index (χ0) is 55.9. The number of aliphatic hydroxyl groups excluding tert-OH is 1. The number of nitrogens with two attached hydrogens (primary N) is 2. The average molecular weight is 1080 g/mol. The van der Waals surface area contributed by atoms with Crippen LogP contribution in [0.15, 0.2) is 73.1 Å². The molecule has 0 aliphatic carbocycles. The maximum Gasteiger partial charge on any atom is 0.329 e. The van der Waals surface area contributed by atoms with Gasteiger partial charge in [-0.05, 0) is 119 Å². The fraction of sp³-hybridized carbons (Fsp3) is 0.627. The van der Waals surface area contributed by atoms with E-state index in [9.17, 15) is 39.0 Å². The number of aromatic hydroxyl groups is 1. The van der Waals surface area contributed by atoms with Crippen LogP contribution >= 0.6 is 0 Å². The van der Waals surface area contributed by atoms with E-state index >= 15 is 0 Å². The Hall–Kier alpha value is -5.52. The molecule has 4 rings (SSSR count). The summed E-state index contributed by atoms with van der Waals surface area (Å²) in [6.45, 7) is 13.9. The highest BCUT2D eigenvalue weighted by atomic mass is 28.3. The number of benzene rings is 2. The summed E-state index contributed by atoms with van der Waals surface area (Å²) in [7, 11) is -1.17. The van der Waals surface area contributed by atoms with Crippen LogP contribution in [0.1, 0.15) is 183 Å². The Morgan fingerprint density at radius 3 is 1.55 bits per heavy atom. The van der Waals surface area contributed by atoms with Crippen LogP contribution in [0.3, 0.4) is 0 Å². The fourth-order valence-electron chi connectivity index (χ4n) is 8.86. The maximum atomic E-state index is 13.4. The van der Waals surface area contributed by atoms with Crippen LogP contribution in [0, 0.1) is 5.92 Å². The molecule has 424 valence electrons. The van der Waals surface area contributed by atoms with Gasteiger partial charge < -0.3 is 50.4 Å². The summed E-state index contributed by atoms with van der Waals surface area (Å²) in [6, 6.07) is 12.7. The van der Waals surface area contributed by atoms with E-state index in [-0.39, 0.29) is 54.4 Å². The van der Waals surface area contributed by atoms with E-state index in [1.807, 2.05) is 13.0 Å². The molecule has 0 radical (unpaired) electrons. The minimum absolute atomic E-state index is 0.0105. The van der Waals surface area contributed by atoms with Crippen molar-refractivity contribution >= 4 is 43.6 Å². The molecule has 0 saturated heterocycles. The number of amides is 4. The number of unbranched alkanes of at least 4 members (excludes halogenated alkanes) is 10. The highest BCUT2D eigenvalue weighted by molar-refractivity contribution is 6.76. The molecule has 0 fully saturated rings. The molecule has 0 bridgehead atoms.